The molecule has 2 fully saturated rings. The Morgan fingerprint density at radius 2 is 2.12 bits per heavy atom. The van der Waals surface area contributed by atoms with Gasteiger partial charge in [0.15, 0.2) is 0 Å². The van der Waals surface area contributed by atoms with Gasteiger partial charge in [-0.1, -0.05) is 27.2 Å². The molecule has 0 radical (unpaired) electrons. The lowest BCUT2D eigenvalue weighted by Gasteiger charge is -2.51. The summed E-state index contributed by atoms with van der Waals surface area (Å²) in [5, 5.41) is 0.772. The first-order valence-electron chi connectivity index (χ1n) is 6.58. The van der Waals surface area contributed by atoms with Crippen LogP contribution in [0.1, 0.15) is 40.0 Å². The monoisotopic (exact) mass is 242 g/mol. The van der Waals surface area contributed by atoms with Gasteiger partial charge >= 0.3 is 0 Å². The largest absolute Gasteiger partial charge is 0.329 e. The molecule has 2 nitrogen and oxygen atoms in total. The van der Waals surface area contributed by atoms with E-state index >= 15 is 0 Å². The van der Waals surface area contributed by atoms with Crippen LogP contribution in [-0.2, 0) is 0 Å². The highest BCUT2D eigenvalue weighted by Gasteiger charge is 2.51. The third kappa shape index (κ3) is 1.91. The van der Waals surface area contributed by atoms with Crippen molar-refractivity contribution in [2.24, 2.45) is 11.1 Å². The molecule has 3 heteroatoms. The Hall–Kier alpha value is 0.270. The van der Waals surface area contributed by atoms with Gasteiger partial charge in [-0.25, -0.2) is 0 Å². The molecule has 1 saturated heterocycles. The predicted octanol–water partition coefficient (Wildman–Crippen LogP) is 2.33. The molecule has 1 aliphatic heterocycles. The highest BCUT2D eigenvalue weighted by molar-refractivity contribution is 7.99. The summed E-state index contributed by atoms with van der Waals surface area (Å²) in [6.07, 6.45) is 3.98. The number of hydrogen-bond acceptors (Lipinski definition) is 3. The molecular weight excluding hydrogens is 216 g/mol. The molecule has 2 aliphatic rings. The van der Waals surface area contributed by atoms with Gasteiger partial charge in [0.2, 0.25) is 0 Å². The van der Waals surface area contributed by atoms with Crippen molar-refractivity contribution < 1.29 is 0 Å². The molecule has 0 bridgehead atoms. The van der Waals surface area contributed by atoms with Crippen molar-refractivity contribution in [1.82, 2.24) is 4.90 Å². The number of thioether (sulfide) groups is 1. The van der Waals surface area contributed by atoms with Gasteiger partial charge in [-0.15, -0.1) is 0 Å². The first-order valence-corrected chi connectivity index (χ1v) is 7.63. The maximum absolute atomic E-state index is 6.17. The fourth-order valence-electron chi connectivity index (χ4n) is 3.69. The van der Waals surface area contributed by atoms with Gasteiger partial charge in [0.05, 0.1) is 0 Å². The standard InChI is InChI=1S/C13H26N2S/c1-11-9-15(7-8-16-11)13(10-14)6-4-5-12(13,2)3/h11H,4-10,14H2,1-3H3. The number of hydrogen-bond donors (Lipinski definition) is 1. The normalized spacial score (nSPS) is 40.1. The first kappa shape index (κ1) is 12.7. The summed E-state index contributed by atoms with van der Waals surface area (Å²) in [4.78, 5) is 2.71. The van der Waals surface area contributed by atoms with Gasteiger partial charge in [-0.3, -0.25) is 4.90 Å². The lowest BCUT2D eigenvalue weighted by molar-refractivity contribution is 0.0161. The van der Waals surface area contributed by atoms with E-state index in [1.54, 1.807) is 0 Å². The van der Waals surface area contributed by atoms with Crippen molar-refractivity contribution in [1.29, 1.82) is 0 Å². The molecule has 0 spiro atoms. The Labute approximate surface area is 104 Å². The number of rotatable bonds is 2. The smallest absolute Gasteiger partial charge is 0.0383 e. The van der Waals surface area contributed by atoms with Crippen LogP contribution < -0.4 is 5.73 Å². The van der Waals surface area contributed by atoms with Gasteiger partial charge in [0.25, 0.3) is 0 Å². The van der Waals surface area contributed by atoms with Crippen molar-refractivity contribution in [2.45, 2.75) is 50.8 Å². The number of nitrogens with two attached hydrogens (primary N) is 1. The van der Waals surface area contributed by atoms with E-state index in [1.165, 1.54) is 38.1 Å². The van der Waals surface area contributed by atoms with E-state index in [0.717, 1.165) is 11.8 Å². The van der Waals surface area contributed by atoms with E-state index in [9.17, 15) is 0 Å². The summed E-state index contributed by atoms with van der Waals surface area (Å²) in [5.41, 5.74) is 6.84. The van der Waals surface area contributed by atoms with Crippen LogP contribution in [0.25, 0.3) is 0 Å². The van der Waals surface area contributed by atoms with Crippen LogP contribution in [0.5, 0.6) is 0 Å². The lowest BCUT2D eigenvalue weighted by atomic mass is 9.73. The van der Waals surface area contributed by atoms with Gasteiger partial charge in [-0.05, 0) is 18.3 Å². The molecule has 2 unspecified atom stereocenters. The molecule has 16 heavy (non-hydrogen) atoms. The molecule has 0 aromatic carbocycles. The zero-order valence-electron chi connectivity index (χ0n) is 11.0. The second-order valence-electron chi connectivity index (χ2n) is 6.10. The minimum atomic E-state index is 0.280. The molecule has 1 heterocycles. The summed E-state index contributed by atoms with van der Waals surface area (Å²) in [6.45, 7) is 10.5. The molecule has 1 aliphatic carbocycles. The van der Waals surface area contributed by atoms with Crippen molar-refractivity contribution in [3.8, 4) is 0 Å². The number of nitrogens with zero attached hydrogens (tertiary/aromatic N) is 1. The summed E-state index contributed by atoms with van der Waals surface area (Å²) < 4.78 is 0. The van der Waals surface area contributed by atoms with Crippen molar-refractivity contribution in [3.05, 3.63) is 0 Å². The van der Waals surface area contributed by atoms with Gasteiger partial charge in [0.1, 0.15) is 0 Å². The Balaban J connectivity index is 2.20. The van der Waals surface area contributed by atoms with Crippen LogP contribution in [0, 0.1) is 5.41 Å². The lowest BCUT2D eigenvalue weighted by Crippen LogP contribution is -2.62. The summed E-state index contributed by atoms with van der Waals surface area (Å²) in [7, 11) is 0. The molecule has 2 atom stereocenters. The topological polar surface area (TPSA) is 29.3 Å². The summed E-state index contributed by atoms with van der Waals surface area (Å²) in [5.74, 6) is 1.28. The van der Waals surface area contributed by atoms with E-state index in [1.807, 2.05) is 0 Å². The van der Waals surface area contributed by atoms with Crippen LogP contribution in [-0.4, -0.2) is 41.1 Å². The average molecular weight is 242 g/mol. The van der Waals surface area contributed by atoms with Crippen molar-refractivity contribution >= 4 is 11.8 Å². The second kappa shape index (κ2) is 4.51. The Kier molecular flexibility index (Phi) is 3.58. The van der Waals surface area contributed by atoms with Crippen LogP contribution in [0.2, 0.25) is 0 Å². The van der Waals surface area contributed by atoms with Crippen LogP contribution in [0.4, 0.5) is 0 Å². The van der Waals surface area contributed by atoms with E-state index < -0.39 is 0 Å². The second-order valence-corrected chi connectivity index (χ2v) is 7.65. The quantitative estimate of drug-likeness (QED) is 0.806. The van der Waals surface area contributed by atoms with E-state index in [-0.39, 0.29) is 5.54 Å². The maximum Gasteiger partial charge on any atom is 0.0383 e. The highest BCUT2D eigenvalue weighted by atomic mass is 32.2. The molecule has 2 rings (SSSR count). The van der Waals surface area contributed by atoms with Crippen LogP contribution in [0.3, 0.4) is 0 Å². The van der Waals surface area contributed by atoms with Crippen LogP contribution >= 0.6 is 11.8 Å². The SMILES string of the molecule is CC1CN(C2(CN)CCCC2(C)C)CCS1. The molecule has 94 valence electrons. The van der Waals surface area contributed by atoms with E-state index in [2.05, 4.69) is 37.4 Å². The first-order chi connectivity index (χ1) is 7.52. The minimum Gasteiger partial charge on any atom is -0.329 e. The zero-order chi connectivity index (χ0) is 11.8. The fourth-order valence-corrected chi connectivity index (χ4v) is 4.71. The molecule has 2 N–H and O–H groups in total. The fraction of sp³-hybridized carbons (Fsp3) is 1.00. The molecule has 1 saturated carbocycles. The van der Waals surface area contributed by atoms with E-state index in [4.69, 9.17) is 5.73 Å². The van der Waals surface area contributed by atoms with Gasteiger partial charge < -0.3 is 5.73 Å². The Bertz CT molecular complexity index is 254. The van der Waals surface area contributed by atoms with Crippen molar-refractivity contribution in [2.75, 3.05) is 25.4 Å². The summed E-state index contributed by atoms with van der Waals surface area (Å²) >= 11 is 2.11. The molecule has 0 aromatic rings. The molecule has 0 aromatic heterocycles. The Morgan fingerprint density at radius 3 is 2.62 bits per heavy atom. The average Bonchev–Trinajstić information content (AvgIpc) is 2.54. The maximum atomic E-state index is 6.17. The third-order valence-corrected chi connectivity index (χ3v) is 5.97. The predicted molar refractivity (Wildman–Crippen MR) is 72.9 cm³/mol. The van der Waals surface area contributed by atoms with Crippen LogP contribution in [0.15, 0.2) is 0 Å². The van der Waals surface area contributed by atoms with Gasteiger partial charge in [0, 0.05) is 36.2 Å². The van der Waals surface area contributed by atoms with Gasteiger partial charge in [-0.2, -0.15) is 11.8 Å². The van der Waals surface area contributed by atoms with E-state index in [0.29, 0.717) is 5.41 Å². The van der Waals surface area contributed by atoms with Crippen molar-refractivity contribution in [3.63, 3.8) is 0 Å². The zero-order valence-corrected chi connectivity index (χ0v) is 11.8. The highest BCUT2D eigenvalue weighted by Crippen LogP contribution is 2.49. The minimum absolute atomic E-state index is 0.280. The molecular formula is C13H26N2S. The molecule has 0 amide bonds. The third-order valence-electron chi connectivity index (χ3n) is 4.84. The summed E-state index contributed by atoms with van der Waals surface area (Å²) in [6, 6.07) is 0. The Morgan fingerprint density at radius 1 is 1.38 bits per heavy atom.